The van der Waals surface area contributed by atoms with Crippen LogP contribution < -0.4 is 10.6 Å². The van der Waals surface area contributed by atoms with Crippen molar-refractivity contribution in [3.8, 4) is 0 Å². The van der Waals surface area contributed by atoms with Crippen LogP contribution in [0.3, 0.4) is 0 Å². The third-order valence-electron chi connectivity index (χ3n) is 2.69. The average Bonchev–Trinajstić information content (AvgIpc) is 2.32. The summed E-state index contributed by atoms with van der Waals surface area (Å²) in [5.74, 6) is 0.789. The van der Waals surface area contributed by atoms with E-state index in [0.29, 0.717) is 0 Å². The van der Waals surface area contributed by atoms with Crippen molar-refractivity contribution in [3.63, 3.8) is 0 Å². The molecular formula is C11H16N4O. The van der Waals surface area contributed by atoms with Crippen LogP contribution in [0, 0.1) is 0 Å². The molecule has 2 heterocycles. The molecule has 0 aliphatic carbocycles. The fourth-order valence-electron chi connectivity index (χ4n) is 1.76. The highest BCUT2D eigenvalue weighted by Crippen LogP contribution is 2.11. The number of piperidine rings is 1. The number of aryl methyl sites for hydroxylation is 1. The van der Waals surface area contributed by atoms with Crippen molar-refractivity contribution in [1.29, 1.82) is 0 Å². The lowest BCUT2D eigenvalue weighted by atomic mass is 10.1. The maximum absolute atomic E-state index is 11.5. The van der Waals surface area contributed by atoms with E-state index in [1.54, 1.807) is 0 Å². The van der Waals surface area contributed by atoms with E-state index in [2.05, 4.69) is 20.6 Å². The van der Waals surface area contributed by atoms with Crippen LogP contribution in [-0.4, -0.2) is 28.5 Å². The molecule has 0 radical (unpaired) electrons. The minimum absolute atomic E-state index is 0.0583. The van der Waals surface area contributed by atoms with Gasteiger partial charge in [0.25, 0.3) is 0 Å². The zero-order valence-corrected chi connectivity index (χ0v) is 9.36. The van der Waals surface area contributed by atoms with Crippen LogP contribution in [0.25, 0.3) is 0 Å². The highest BCUT2D eigenvalue weighted by atomic mass is 16.2. The van der Waals surface area contributed by atoms with Crippen molar-refractivity contribution >= 4 is 11.7 Å². The third kappa shape index (κ3) is 2.48. The zero-order valence-electron chi connectivity index (χ0n) is 9.36. The summed E-state index contributed by atoms with van der Waals surface area (Å²) in [4.78, 5) is 19.8. The van der Waals surface area contributed by atoms with Gasteiger partial charge in [0.15, 0.2) is 0 Å². The number of aromatic nitrogens is 2. The molecule has 1 unspecified atom stereocenters. The van der Waals surface area contributed by atoms with Gasteiger partial charge in [-0.15, -0.1) is 0 Å². The number of carbonyl (C=O) groups excluding carboxylic acids is 1. The first kappa shape index (κ1) is 10.9. The predicted molar refractivity (Wildman–Crippen MR) is 61.1 cm³/mol. The third-order valence-corrected chi connectivity index (χ3v) is 2.69. The molecule has 0 aromatic carbocycles. The number of nitrogens with one attached hydrogen (secondary N) is 2. The van der Waals surface area contributed by atoms with Crippen LogP contribution in [-0.2, 0) is 11.2 Å². The second-order valence-electron chi connectivity index (χ2n) is 3.88. The fourth-order valence-corrected chi connectivity index (χ4v) is 1.76. The van der Waals surface area contributed by atoms with Crippen molar-refractivity contribution in [2.24, 2.45) is 0 Å². The molecule has 2 rings (SSSR count). The van der Waals surface area contributed by atoms with E-state index in [1.807, 2.05) is 13.0 Å². The highest BCUT2D eigenvalue weighted by molar-refractivity contribution is 5.84. The van der Waals surface area contributed by atoms with Crippen LogP contribution in [0.5, 0.6) is 0 Å². The van der Waals surface area contributed by atoms with E-state index < -0.39 is 0 Å². The van der Waals surface area contributed by atoms with Crippen LogP contribution in [0.4, 0.5) is 5.82 Å². The second kappa shape index (κ2) is 4.92. The fraction of sp³-hybridized carbons (Fsp3) is 0.545. The monoisotopic (exact) mass is 220 g/mol. The number of carbonyl (C=O) groups is 1. The lowest BCUT2D eigenvalue weighted by molar-refractivity contribution is -0.123. The number of nitrogens with zero attached hydrogens (tertiary/aromatic N) is 2. The van der Waals surface area contributed by atoms with Gasteiger partial charge < -0.3 is 10.6 Å². The summed E-state index contributed by atoms with van der Waals surface area (Å²) in [7, 11) is 0. The molecule has 16 heavy (non-hydrogen) atoms. The summed E-state index contributed by atoms with van der Waals surface area (Å²) in [6.45, 7) is 2.82. The lowest BCUT2D eigenvalue weighted by Gasteiger charge is -2.23. The molecule has 1 aliphatic rings. The summed E-state index contributed by atoms with van der Waals surface area (Å²) in [5, 5.41) is 5.98. The molecule has 1 saturated heterocycles. The maximum Gasteiger partial charge on any atom is 0.242 e. The minimum Gasteiger partial charge on any atom is -0.358 e. The van der Waals surface area contributed by atoms with E-state index in [0.717, 1.165) is 37.3 Å². The largest absolute Gasteiger partial charge is 0.358 e. The lowest BCUT2D eigenvalue weighted by Crippen LogP contribution is -2.44. The van der Waals surface area contributed by atoms with Crippen molar-refractivity contribution < 1.29 is 4.79 Å². The van der Waals surface area contributed by atoms with E-state index >= 15 is 0 Å². The standard InChI is InChI=1S/C11H16N4O/c1-2-8-6-10(14-7-13-8)15-9-4-3-5-12-11(9)16/h6-7,9H,2-5H2,1H3,(H,12,16)(H,13,14,15). The normalized spacial score (nSPS) is 20.3. The highest BCUT2D eigenvalue weighted by Gasteiger charge is 2.21. The van der Waals surface area contributed by atoms with Gasteiger partial charge in [-0.2, -0.15) is 0 Å². The molecule has 1 amide bonds. The Morgan fingerprint density at radius 1 is 1.56 bits per heavy atom. The number of hydrogen-bond donors (Lipinski definition) is 2. The van der Waals surface area contributed by atoms with Crippen molar-refractivity contribution in [3.05, 3.63) is 18.1 Å². The average molecular weight is 220 g/mol. The quantitative estimate of drug-likeness (QED) is 0.788. The molecule has 2 N–H and O–H groups in total. The topological polar surface area (TPSA) is 66.9 Å². The van der Waals surface area contributed by atoms with Gasteiger partial charge in [-0.25, -0.2) is 9.97 Å². The molecule has 1 aromatic heterocycles. The molecule has 0 saturated carbocycles. The van der Waals surface area contributed by atoms with Gasteiger partial charge in [0, 0.05) is 18.3 Å². The molecule has 1 aliphatic heterocycles. The summed E-state index contributed by atoms with van der Waals surface area (Å²) >= 11 is 0. The van der Waals surface area contributed by atoms with Crippen LogP contribution >= 0.6 is 0 Å². The van der Waals surface area contributed by atoms with Gasteiger partial charge in [0.05, 0.1) is 0 Å². The predicted octanol–water partition coefficient (Wildman–Crippen LogP) is 0.729. The van der Waals surface area contributed by atoms with Crippen molar-refractivity contribution in [2.45, 2.75) is 32.2 Å². The smallest absolute Gasteiger partial charge is 0.242 e. The molecule has 1 atom stereocenters. The Balaban J connectivity index is 2.04. The van der Waals surface area contributed by atoms with Gasteiger partial charge in [-0.1, -0.05) is 6.92 Å². The molecule has 86 valence electrons. The summed E-state index contributed by atoms with van der Waals surface area (Å²) in [6, 6.07) is 1.73. The van der Waals surface area contributed by atoms with Gasteiger partial charge in [-0.3, -0.25) is 4.79 Å². The Hall–Kier alpha value is -1.65. The Kier molecular flexibility index (Phi) is 3.34. The number of anilines is 1. The van der Waals surface area contributed by atoms with E-state index in [9.17, 15) is 4.79 Å². The van der Waals surface area contributed by atoms with Crippen LogP contribution in [0.2, 0.25) is 0 Å². The number of hydrogen-bond acceptors (Lipinski definition) is 4. The van der Waals surface area contributed by atoms with E-state index in [1.165, 1.54) is 6.33 Å². The van der Waals surface area contributed by atoms with Gasteiger partial charge in [0.1, 0.15) is 18.2 Å². The first-order valence-corrected chi connectivity index (χ1v) is 5.64. The molecule has 0 bridgehead atoms. The summed E-state index contributed by atoms with van der Waals surface area (Å²) in [5.41, 5.74) is 0.980. The van der Waals surface area contributed by atoms with Crippen molar-refractivity contribution in [1.82, 2.24) is 15.3 Å². The first-order chi connectivity index (χ1) is 7.79. The summed E-state index contributed by atoms with van der Waals surface area (Å²) < 4.78 is 0. The zero-order chi connectivity index (χ0) is 11.4. The van der Waals surface area contributed by atoms with Crippen LogP contribution in [0.1, 0.15) is 25.5 Å². The SMILES string of the molecule is CCc1cc(NC2CCCNC2=O)ncn1. The number of amides is 1. The summed E-state index contributed by atoms with van der Waals surface area (Å²) in [6.07, 6.45) is 4.27. The Bertz CT molecular complexity index is 380. The van der Waals surface area contributed by atoms with Crippen molar-refractivity contribution in [2.75, 3.05) is 11.9 Å². The van der Waals surface area contributed by atoms with E-state index in [-0.39, 0.29) is 11.9 Å². The second-order valence-corrected chi connectivity index (χ2v) is 3.88. The molecule has 5 nitrogen and oxygen atoms in total. The van der Waals surface area contributed by atoms with Gasteiger partial charge in [0.2, 0.25) is 5.91 Å². The Morgan fingerprint density at radius 2 is 2.44 bits per heavy atom. The van der Waals surface area contributed by atoms with Gasteiger partial charge >= 0.3 is 0 Å². The minimum atomic E-state index is -0.159. The first-order valence-electron chi connectivity index (χ1n) is 5.64. The van der Waals surface area contributed by atoms with Crippen LogP contribution in [0.15, 0.2) is 12.4 Å². The molecule has 1 fully saturated rings. The molecule has 1 aromatic rings. The molecule has 5 heteroatoms. The molecule has 0 spiro atoms. The Morgan fingerprint density at radius 3 is 3.19 bits per heavy atom. The van der Waals surface area contributed by atoms with E-state index in [4.69, 9.17) is 0 Å². The maximum atomic E-state index is 11.5. The molecular weight excluding hydrogens is 204 g/mol. The number of rotatable bonds is 3. The van der Waals surface area contributed by atoms with Gasteiger partial charge in [-0.05, 0) is 19.3 Å². The Labute approximate surface area is 94.7 Å².